The first-order valence-electron chi connectivity index (χ1n) is 15.6. The Hall–Kier alpha value is -1.54. The van der Waals surface area contributed by atoms with Gasteiger partial charge in [0.15, 0.2) is 0 Å². The van der Waals surface area contributed by atoms with Gasteiger partial charge in [0.25, 0.3) is 0 Å². The Bertz CT molecular complexity index is 641. The summed E-state index contributed by atoms with van der Waals surface area (Å²) >= 11 is 0. The Kier molecular flexibility index (Phi) is 121. The summed E-state index contributed by atoms with van der Waals surface area (Å²) in [5, 5.41) is 38.2. The molecule has 0 spiro atoms. The van der Waals surface area contributed by atoms with E-state index in [1.54, 1.807) is 0 Å². The molecule has 57 heavy (non-hydrogen) atoms. The van der Waals surface area contributed by atoms with Crippen LogP contribution in [0.3, 0.4) is 0 Å². The minimum absolute atomic E-state index is 0. The van der Waals surface area contributed by atoms with Gasteiger partial charge in [0.1, 0.15) is 31.2 Å². The number of aldehydes is 1. The molecule has 5 N–H and O–H groups in total. The lowest BCUT2D eigenvalue weighted by Crippen LogP contribution is -2.33. The van der Waals surface area contributed by atoms with E-state index in [2.05, 4.69) is 5.32 Å². The second kappa shape index (κ2) is 75.3. The zero-order chi connectivity index (χ0) is 33.1. The van der Waals surface area contributed by atoms with E-state index in [1.807, 2.05) is 0 Å². The molecule has 0 bridgehead atoms. The van der Waals surface area contributed by atoms with Crippen LogP contribution in [0.15, 0.2) is 0 Å². The second-order valence-corrected chi connectivity index (χ2v) is 9.64. The van der Waals surface area contributed by atoms with Crippen molar-refractivity contribution in [2.24, 2.45) is 0 Å². The van der Waals surface area contributed by atoms with Crippen molar-refractivity contribution in [3.8, 4) is 0 Å². The summed E-state index contributed by atoms with van der Waals surface area (Å²) in [6.07, 6.45) is 0.951. The average molecular weight is 852 g/mol. The van der Waals surface area contributed by atoms with Crippen LogP contribution in [0.5, 0.6) is 0 Å². The number of ether oxygens (including phenoxy) is 9. The maximum atomic E-state index is 11.9. The molecule has 0 aromatic carbocycles. The lowest BCUT2D eigenvalue weighted by molar-refractivity contribution is -0.107. The van der Waals surface area contributed by atoms with Crippen LogP contribution >= 0.6 is 0 Å². The van der Waals surface area contributed by atoms with E-state index in [-0.39, 0.29) is 200 Å². The van der Waals surface area contributed by atoms with Crippen LogP contribution in [-0.2, 0) is 47.4 Å². The highest BCUT2D eigenvalue weighted by Crippen LogP contribution is 2.02. The number of amides is 1. The molecular formula is C41H105NO15. The minimum atomic E-state index is -0.678. The van der Waals surface area contributed by atoms with Crippen molar-refractivity contribution in [3.05, 3.63) is 0 Å². The Balaban J connectivity index is -0.000000147. The molecule has 0 aliphatic heterocycles. The molecule has 1 amide bonds. The van der Waals surface area contributed by atoms with Crippen molar-refractivity contribution in [2.45, 2.75) is 140 Å². The molecule has 0 saturated carbocycles. The molecule has 16 nitrogen and oxygen atoms in total. The predicted octanol–water partition coefficient (Wildman–Crippen LogP) is 6.70. The number of nitrogens with one attached hydrogen (secondary N) is 1. The van der Waals surface area contributed by atoms with E-state index in [0.29, 0.717) is 65.0 Å². The summed E-state index contributed by atoms with van der Waals surface area (Å²) in [5.41, 5.74) is 0. The smallest absolute Gasteiger partial charge is 0.407 e. The fraction of sp³-hybridized carbons (Fsp3) is 0.951. The molecule has 0 aromatic rings. The Morgan fingerprint density at radius 1 is 0.439 bits per heavy atom. The quantitative estimate of drug-likeness (QED) is 0.0328. The standard InChI is InChI=1S/C29H57NO15.12CH4/c31-7-1-6-30-29(36)45-25-28(44-19-18-41-23-27(43-15-5-11-35)21-38-13-3-9-33)24-40-17-16-39-22-26(42-14-4-10-34)20-37-12-2-8-32;;;;;;;;;;;;/h7,26-28,32-35H,1-6,8-25H2,(H,30,36);12*1H4. The fourth-order valence-electron chi connectivity index (χ4n) is 3.31. The fourth-order valence-corrected chi connectivity index (χ4v) is 3.31. The van der Waals surface area contributed by atoms with Crippen molar-refractivity contribution >= 4 is 12.4 Å². The molecule has 0 aromatic heterocycles. The highest BCUT2D eigenvalue weighted by molar-refractivity contribution is 5.67. The molecule has 0 heterocycles. The summed E-state index contributed by atoms with van der Waals surface area (Å²) in [7, 11) is 0. The van der Waals surface area contributed by atoms with E-state index in [1.165, 1.54) is 0 Å². The highest BCUT2D eigenvalue weighted by Gasteiger charge is 2.15. The molecule has 3 unspecified atom stereocenters. The first-order chi connectivity index (χ1) is 22.1. The van der Waals surface area contributed by atoms with Crippen molar-refractivity contribution in [2.75, 3.05) is 125 Å². The lowest BCUT2D eigenvalue weighted by atomic mass is 10.4. The van der Waals surface area contributed by atoms with Gasteiger partial charge in [-0.05, 0) is 25.7 Å². The molecule has 0 radical (unpaired) electrons. The molecule has 364 valence electrons. The van der Waals surface area contributed by atoms with Crippen LogP contribution in [0.1, 0.15) is 121 Å². The molecule has 3 atom stereocenters. The second-order valence-electron chi connectivity index (χ2n) is 9.64. The van der Waals surface area contributed by atoms with Crippen molar-refractivity contribution < 1.29 is 72.6 Å². The molecule has 16 heteroatoms. The van der Waals surface area contributed by atoms with Gasteiger partial charge in [-0.25, -0.2) is 4.79 Å². The third-order valence-corrected chi connectivity index (χ3v) is 5.61. The average Bonchev–Trinajstić information content (AvgIpc) is 3.04. The third kappa shape index (κ3) is 66.5. The zero-order valence-electron chi connectivity index (χ0n) is 26.6. The summed E-state index contributed by atoms with van der Waals surface area (Å²) in [4.78, 5) is 22.4. The molecule has 0 saturated heterocycles. The van der Waals surface area contributed by atoms with Crippen molar-refractivity contribution in [1.82, 2.24) is 5.32 Å². The van der Waals surface area contributed by atoms with Crippen LogP contribution < -0.4 is 5.32 Å². The van der Waals surface area contributed by atoms with E-state index >= 15 is 0 Å². The van der Waals surface area contributed by atoms with Crippen molar-refractivity contribution in [1.29, 1.82) is 0 Å². The van der Waals surface area contributed by atoms with Crippen LogP contribution in [0.2, 0.25) is 0 Å². The minimum Gasteiger partial charge on any atom is -0.447 e. The van der Waals surface area contributed by atoms with Gasteiger partial charge >= 0.3 is 6.09 Å². The van der Waals surface area contributed by atoms with Gasteiger partial charge in [0, 0.05) is 65.8 Å². The number of rotatable bonds is 36. The van der Waals surface area contributed by atoms with E-state index < -0.39 is 12.2 Å². The topological polar surface area (TPSA) is 210 Å². The number of alkyl carbamates (subject to hydrolysis) is 1. The van der Waals surface area contributed by atoms with Crippen LogP contribution in [-0.4, -0.2) is 177 Å². The number of aliphatic hydroxyl groups excluding tert-OH is 4. The van der Waals surface area contributed by atoms with Crippen molar-refractivity contribution in [3.63, 3.8) is 0 Å². The lowest BCUT2D eigenvalue weighted by Gasteiger charge is -2.20. The molecule has 0 aliphatic rings. The van der Waals surface area contributed by atoms with Gasteiger partial charge in [-0.3, -0.25) is 0 Å². The maximum absolute atomic E-state index is 11.9. The summed E-state index contributed by atoms with van der Waals surface area (Å²) in [5.74, 6) is 0. The Morgan fingerprint density at radius 2 is 0.737 bits per heavy atom. The number of aliphatic hydroxyl groups is 4. The first kappa shape index (κ1) is 91.2. The summed E-state index contributed by atoms with van der Waals surface area (Å²) in [6, 6.07) is 0. The third-order valence-electron chi connectivity index (χ3n) is 5.61. The first-order valence-corrected chi connectivity index (χ1v) is 15.6. The molecule has 0 aliphatic carbocycles. The number of hydrogen-bond acceptors (Lipinski definition) is 15. The van der Waals surface area contributed by atoms with Gasteiger partial charge in [0.05, 0.1) is 59.5 Å². The molecule has 0 rings (SSSR count). The molecular weight excluding hydrogens is 746 g/mol. The Morgan fingerprint density at radius 3 is 1.09 bits per heavy atom. The van der Waals surface area contributed by atoms with Gasteiger partial charge in [-0.2, -0.15) is 0 Å². The normalized spacial score (nSPS) is 10.6. The van der Waals surface area contributed by atoms with E-state index in [9.17, 15) is 9.59 Å². The highest BCUT2D eigenvalue weighted by atomic mass is 16.6. The predicted molar refractivity (Wildman–Crippen MR) is 241 cm³/mol. The Labute approximate surface area is 354 Å². The number of carbonyl (C=O) groups is 2. The molecule has 0 fully saturated rings. The summed E-state index contributed by atoms with van der Waals surface area (Å²) < 4.78 is 50.4. The summed E-state index contributed by atoms with van der Waals surface area (Å²) in [6.45, 7) is 3.79. The van der Waals surface area contributed by atoms with Crippen LogP contribution in [0, 0.1) is 0 Å². The van der Waals surface area contributed by atoms with Gasteiger partial charge in [0.2, 0.25) is 0 Å². The van der Waals surface area contributed by atoms with Gasteiger partial charge < -0.3 is 73.2 Å². The number of hydrogen-bond donors (Lipinski definition) is 5. The van der Waals surface area contributed by atoms with E-state index in [0.717, 1.165) is 0 Å². The van der Waals surface area contributed by atoms with Gasteiger partial charge in [-0.15, -0.1) is 0 Å². The van der Waals surface area contributed by atoms with Crippen LogP contribution in [0.25, 0.3) is 0 Å². The SMILES string of the molecule is C.C.C.C.C.C.C.C.C.C.C.C.O=CCCNC(=O)OCC(COCCOCC(COCCCO)OCCCO)OCCOCC(COCCCO)OCCCO. The maximum Gasteiger partial charge on any atom is 0.407 e. The van der Waals surface area contributed by atoms with E-state index in [4.69, 9.17) is 63.1 Å². The largest absolute Gasteiger partial charge is 0.447 e. The zero-order valence-corrected chi connectivity index (χ0v) is 26.6. The number of carbonyl (C=O) groups excluding carboxylic acids is 2. The monoisotopic (exact) mass is 852 g/mol. The van der Waals surface area contributed by atoms with Gasteiger partial charge in [-0.1, -0.05) is 89.1 Å². The van der Waals surface area contributed by atoms with Crippen LogP contribution in [0.4, 0.5) is 4.79 Å².